The van der Waals surface area contributed by atoms with Gasteiger partial charge in [0.1, 0.15) is 0 Å². The van der Waals surface area contributed by atoms with Gasteiger partial charge in [-0.3, -0.25) is 0 Å². The summed E-state index contributed by atoms with van der Waals surface area (Å²) in [6.45, 7) is 4.32. The van der Waals surface area contributed by atoms with E-state index in [0.29, 0.717) is 0 Å². The summed E-state index contributed by atoms with van der Waals surface area (Å²) in [5.74, 6) is -2.71. The third-order valence-electron chi connectivity index (χ3n) is 4.16. The summed E-state index contributed by atoms with van der Waals surface area (Å²) in [7, 11) is 0. The van der Waals surface area contributed by atoms with Gasteiger partial charge in [-0.2, -0.15) is 4.39 Å². The summed E-state index contributed by atoms with van der Waals surface area (Å²) in [6, 6.07) is 7.44. The van der Waals surface area contributed by atoms with E-state index in [1.165, 1.54) is 18.2 Å². The first-order valence-electron chi connectivity index (χ1n) is 8.72. The molecule has 27 heavy (non-hydrogen) atoms. The lowest BCUT2D eigenvalue weighted by molar-refractivity contribution is -0.210. The summed E-state index contributed by atoms with van der Waals surface area (Å²) < 4.78 is 63.5. The van der Waals surface area contributed by atoms with Crippen LogP contribution >= 0.6 is 0 Å². The molecule has 1 fully saturated rings. The summed E-state index contributed by atoms with van der Waals surface area (Å²) in [5.41, 5.74) is 0.775. The molecule has 4 nitrogen and oxygen atoms in total. The Hall–Kier alpha value is -2.25. The molecule has 2 aromatic rings. The van der Waals surface area contributed by atoms with Gasteiger partial charge in [0.15, 0.2) is 29.4 Å². The fraction of sp³-hybridized carbons (Fsp3) is 0.400. The molecule has 0 atom stereocenters. The van der Waals surface area contributed by atoms with Gasteiger partial charge in [-0.25, -0.2) is 8.78 Å². The van der Waals surface area contributed by atoms with Crippen LogP contribution in [0.25, 0.3) is 0 Å². The van der Waals surface area contributed by atoms with Crippen molar-refractivity contribution < 1.29 is 32.1 Å². The Bertz CT molecular complexity index is 789. The molecule has 7 heteroatoms. The lowest BCUT2D eigenvalue weighted by atomic mass is 10.1. The van der Waals surface area contributed by atoms with Crippen LogP contribution in [0.3, 0.4) is 0 Å². The zero-order valence-electron chi connectivity index (χ0n) is 15.1. The first kappa shape index (κ1) is 19.5. The van der Waals surface area contributed by atoms with E-state index in [-0.39, 0.29) is 49.4 Å². The van der Waals surface area contributed by atoms with Gasteiger partial charge >= 0.3 is 0 Å². The van der Waals surface area contributed by atoms with Crippen LogP contribution in [0.1, 0.15) is 24.3 Å². The molecule has 0 bridgehead atoms. The van der Waals surface area contributed by atoms with Gasteiger partial charge in [-0.05, 0) is 43.7 Å². The SMILES string of the molecule is CCOc1ccc(C2OCC(COc3ccc(C)cc3F)CO2)c(F)c1F. The molecule has 2 aromatic carbocycles. The molecule has 3 rings (SSSR count). The van der Waals surface area contributed by atoms with Gasteiger partial charge in [0.2, 0.25) is 5.82 Å². The fourth-order valence-corrected chi connectivity index (χ4v) is 2.75. The van der Waals surface area contributed by atoms with E-state index < -0.39 is 23.7 Å². The molecule has 1 saturated heterocycles. The lowest BCUT2D eigenvalue weighted by Gasteiger charge is -2.29. The van der Waals surface area contributed by atoms with Crippen LogP contribution in [-0.4, -0.2) is 26.4 Å². The van der Waals surface area contributed by atoms with Crippen LogP contribution in [0, 0.1) is 30.3 Å². The van der Waals surface area contributed by atoms with Crippen LogP contribution < -0.4 is 9.47 Å². The van der Waals surface area contributed by atoms with Crippen molar-refractivity contribution >= 4 is 0 Å². The molecule has 0 aromatic heterocycles. The van der Waals surface area contributed by atoms with Crippen molar-refractivity contribution in [1.82, 2.24) is 0 Å². The van der Waals surface area contributed by atoms with Crippen molar-refractivity contribution in [1.29, 1.82) is 0 Å². The lowest BCUT2D eigenvalue weighted by Crippen LogP contribution is -2.31. The number of hydrogen-bond donors (Lipinski definition) is 0. The number of aryl methyl sites for hydroxylation is 1. The summed E-state index contributed by atoms with van der Waals surface area (Å²) in [5, 5.41) is 0. The molecule has 1 aliphatic heterocycles. The van der Waals surface area contributed by atoms with Crippen LogP contribution in [0.4, 0.5) is 13.2 Å². The second kappa shape index (κ2) is 8.63. The molecule has 1 aliphatic rings. The monoisotopic (exact) mass is 382 g/mol. The van der Waals surface area contributed by atoms with Crippen LogP contribution in [0.15, 0.2) is 30.3 Å². The molecule has 0 amide bonds. The zero-order valence-corrected chi connectivity index (χ0v) is 15.1. The smallest absolute Gasteiger partial charge is 0.201 e. The zero-order chi connectivity index (χ0) is 19.4. The van der Waals surface area contributed by atoms with E-state index in [1.54, 1.807) is 26.0 Å². The fourth-order valence-electron chi connectivity index (χ4n) is 2.75. The van der Waals surface area contributed by atoms with E-state index in [9.17, 15) is 13.2 Å². The highest BCUT2D eigenvalue weighted by Crippen LogP contribution is 2.32. The van der Waals surface area contributed by atoms with E-state index >= 15 is 0 Å². The average Bonchev–Trinajstić information content (AvgIpc) is 2.66. The molecule has 0 radical (unpaired) electrons. The second-order valence-electron chi connectivity index (χ2n) is 6.32. The van der Waals surface area contributed by atoms with Crippen LogP contribution in [-0.2, 0) is 9.47 Å². The number of ether oxygens (including phenoxy) is 4. The maximum atomic E-state index is 14.2. The van der Waals surface area contributed by atoms with Crippen LogP contribution in [0.5, 0.6) is 11.5 Å². The minimum Gasteiger partial charge on any atom is -0.491 e. The number of rotatable bonds is 6. The van der Waals surface area contributed by atoms with Crippen molar-refractivity contribution in [2.45, 2.75) is 20.1 Å². The maximum Gasteiger partial charge on any atom is 0.201 e. The predicted molar refractivity (Wildman–Crippen MR) is 92.3 cm³/mol. The van der Waals surface area contributed by atoms with E-state index in [2.05, 4.69) is 0 Å². The van der Waals surface area contributed by atoms with Crippen molar-refractivity contribution in [2.24, 2.45) is 5.92 Å². The highest BCUT2D eigenvalue weighted by atomic mass is 19.2. The Labute approximate surface area is 155 Å². The molecule has 1 heterocycles. The molecule has 0 unspecified atom stereocenters. The summed E-state index contributed by atoms with van der Waals surface area (Å²) in [4.78, 5) is 0. The Balaban J connectivity index is 1.56. The normalized spacial score (nSPS) is 19.7. The standard InChI is InChI=1S/C20H21F3O4/c1-3-24-17-7-5-14(18(22)19(17)23)20-26-10-13(11-27-20)9-25-16-6-4-12(2)8-15(16)21/h4-8,13,20H,3,9-11H2,1-2H3. The van der Waals surface area contributed by atoms with Crippen molar-refractivity contribution in [3.8, 4) is 11.5 Å². The number of hydrogen-bond acceptors (Lipinski definition) is 4. The third kappa shape index (κ3) is 4.54. The minimum absolute atomic E-state index is 0.0279. The molecule has 0 saturated carbocycles. The van der Waals surface area contributed by atoms with Gasteiger partial charge < -0.3 is 18.9 Å². The third-order valence-corrected chi connectivity index (χ3v) is 4.16. The Kier molecular flexibility index (Phi) is 6.23. The molecular formula is C20H21F3O4. The largest absolute Gasteiger partial charge is 0.491 e. The quantitative estimate of drug-likeness (QED) is 0.734. The Morgan fingerprint density at radius 3 is 2.33 bits per heavy atom. The topological polar surface area (TPSA) is 36.9 Å². The minimum atomic E-state index is -1.07. The number of halogens is 3. The highest BCUT2D eigenvalue weighted by Gasteiger charge is 2.28. The van der Waals surface area contributed by atoms with Gasteiger partial charge in [0.05, 0.1) is 26.4 Å². The van der Waals surface area contributed by atoms with E-state index in [4.69, 9.17) is 18.9 Å². The molecule has 146 valence electrons. The average molecular weight is 382 g/mol. The maximum absolute atomic E-state index is 14.2. The van der Waals surface area contributed by atoms with Crippen LogP contribution in [0.2, 0.25) is 0 Å². The molecular weight excluding hydrogens is 361 g/mol. The van der Waals surface area contributed by atoms with Crippen molar-refractivity contribution in [2.75, 3.05) is 26.4 Å². The van der Waals surface area contributed by atoms with E-state index in [1.807, 2.05) is 0 Å². The highest BCUT2D eigenvalue weighted by molar-refractivity contribution is 5.32. The second-order valence-corrected chi connectivity index (χ2v) is 6.32. The van der Waals surface area contributed by atoms with E-state index in [0.717, 1.165) is 5.56 Å². The van der Waals surface area contributed by atoms with Gasteiger partial charge in [-0.1, -0.05) is 6.07 Å². The molecule has 0 spiro atoms. The predicted octanol–water partition coefficient (Wildman–Crippen LogP) is 4.55. The Morgan fingerprint density at radius 2 is 1.67 bits per heavy atom. The molecule has 0 N–H and O–H groups in total. The van der Waals surface area contributed by atoms with Gasteiger partial charge in [0, 0.05) is 11.5 Å². The first-order chi connectivity index (χ1) is 13.0. The van der Waals surface area contributed by atoms with Gasteiger partial charge in [0.25, 0.3) is 0 Å². The van der Waals surface area contributed by atoms with Crippen molar-refractivity contribution in [3.05, 3.63) is 58.9 Å². The Morgan fingerprint density at radius 1 is 0.963 bits per heavy atom. The summed E-state index contributed by atoms with van der Waals surface area (Å²) in [6.07, 6.45) is -1.01. The summed E-state index contributed by atoms with van der Waals surface area (Å²) >= 11 is 0. The number of benzene rings is 2. The molecule has 0 aliphatic carbocycles. The van der Waals surface area contributed by atoms with Gasteiger partial charge in [-0.15, -0.1) is 0 Å². The van der Waals surface area contributed by atoms with Crippen molar-refractivity contribution in [3.63, 3.8) is 0 Å². The first-order valence-corrected chi connectivity index (χ1v) is 8.72.